The SMILES string of the molecule is CN(C)S(=O)(=O)N1CCN(C(=O)Nc2cccc([N+](=O)[O-])c2)CC1. The second kappa shape index (κ2) is 7.11. The summed E-state index contributed by atoms with van der Waals surface area (Å²) in [5, 5.41) is 13.3. The summed E-state index contributed by atoms with van der Waals surface area (Å²) in [4.78, 5) is 23.9. The number of nitro groups is 1. The largest absolute Gasteiger partial charge is 0.322 e. The van der Waals surface area contributed by atoms with Crippen LogP contribution in [0, 0.1) is 10.1 Å². The highest BCUT2D eigenvalue weighted by Gasteiger charge is 2.30. The van der Waals surface area contributed by atoms with Crippen LogP contribution in [0.25, 0.3) is 0 Å². The van der Waals surface area contributed by atoms with Crippen molar-refractivity contribution < 1.29 is 18.1 Å². The van der Waals surface area contributed by atoms with Gasteiger partial charge in [-0.15, -0.1) is 0 Å². The molecule has 1 aliphatic rings. The van der Waals surface area contributed by atoms with Gasteiger partial charge in [0, 0.05) is 58.1 Å². The van der Waals surface area contributed by atoms with Crippen LogP contribution in [-0.2, 0) is 10.2 Å². The number of anilines is 1. The van der Waals surface area contributed by atoms with Gasteiger partial charge in [0.25, 0.3) is 15.9 Å². The van der Waals surface area contributed by atoms with Crippen LogP contribution < -0.4 is 5.32 Å². The number of nitro benzene ring substituents is 1. The van der Waals surface area contributed by atoms with Gasteiger partial charge in [-0.2, -0.15) is 17.0 Å². The van der Waals surface area contributed by atoms with E-state index in [1.807, 2.05) is 0 Å². The van der Waals surface area contributed by atoms with Gasteiger partial charge in [-0.25, -0.2) is 4.79 Å². The summed E-state index contributed by atoms with van der Waals surface area (Å²) >= 11 is 0. The van der Waals surface area contributed by atoms with Gasteiger partial charge in [0.1, 0.15) is 0 Å². The van der Waals surface area contributed by atoms with Crippen molar-refractivity contribution in [2.75, 3.05) is 45.6 Å². The van der Waals surface area contributed by atoms with Crippen molar-refractivity contribution in [2.24, 2.45) is 0 Å². The van der Waals surface area contributed by atoms with Crippen molar-refractivity contribution in [1.29, 1.82) is 0 Å². The van der Waals surface area contributed by atoms with Gasteiger partial charge in [0.15, 0.2) is 0 Å². The predicted octanol–water partition coefficient (Wildman–Crippen LogP) is 0.551. The van der Waals surface area contributed by atoms with Crippen LogP contribution in [0.2, 0.25) is 0 Å². The normalized spacial score (nSPS) is 16.2. The predicted molar refractivity (Wildman–Crippen MR) is 87.9 cm³/mol. The zero-order valence-electron chi connectivity index (χ0n) is 13.4. The van der Waals surface area contributed by atoms with Gasteiger partial charge in [-0.3, -0.25) is 10.1 Å². The Labute approximate surface area is 140 Å². The first-order valence-electron chi connectivity index (χ1n) is 7.20. The van der Waals surface area contributed by atoms with Crippen LogP contribution in [-0.4, -0.2) is 73.2 Å². The number of rotatable bonds is 4. The summed E-state index contributed by atoms with van der Waals surface area (Å²) < 4.78 is 26.5. The Bertz CT molecular complexity index is 728. The number of piperazine rings is 1. The highest BCUT2D eigenvalue weighted by Crippen LogP contribution is 2.18. The molecule has 0 bridgehead atoms. The van der Waals surface area contributed by atoms with E-state index >= 15 is 0 Å². The fourth-order valence-corrected chi connectivity index (χ4v) is 3.34. The second-order valence-electron chi connectivity index (χ2n) is 5.41. The molecular formula is C13H19N5O5S. The molecule has 132 valence electrons. The molecule has 1 aliphatic heterocycles. The zero-order chi connectivity index (χ0) is 17.9. The van der Waals surface area contributed by atoms with Crippen LogP contribution in [0.5, 0.6) is 0 Å². The van der Waals surface area contributed by atoms with E-state index in [1.54, 1.807) is 6.07 Å². The molecule has 0 unspecified atom stereocenters. The molecule has 2 rings (SSSR count). The molecule has 1 fully saturated rings. The van der Waals surface area contributed by atoms with Crippen LogP contribution in [0.15, 0.2) is 24.3 Å². The lowest BCUT2D eigenvalue weighted by Gasteiger charge is -2.35. The Morgan fingerprint density at radius 2 is 1.88 bits per heavy atom. The van der Waals surface area contributed by atoms with Gasteiger partial charge < -0.3 is 10.2 Å². The number of carbonyl (C=O) groups is 1. The minimum absolute atomic E-state index is 0.116. The maximum Gasteiger partial charge on any atom is 0.321 e. The van der Waals surface area contributed by atoms with Crippen molar-refractivity contribution >= 4 is 27.6 Å². The maximum atomic E-state index is 12.2. The Morgan fingerprint density at radius 1 is 1.25 bits per heavy atom. The summed E-state index contributed by atoms with van der Waals surface area (Å²) in [6.45, 7) is 0.882. The number of benzene rings is 1. The maximum absolute atomic E-state index is 12.2. The zero-order valence-corrected chi connectivity index (χ0v) is 14.2. The molecule has 0 saturated carbocycles. The molecular weight excluding hydrogens is 338 g/mol. The first-order valence-corrected chi connectivity index (χ1v) is 8.59. The number of urea groups is 1. The Morgan fingerprint density at radius 3 is 2.42 bits per heavy atom. The smallest absolute Gasteiger partial charge is 0.321 e. The molecule has 1 saturated heterocycles. The summed E-state index contributed by atoms with van der Waals surface area (Å²) in [6.07, 6.45) is 0. The van der Waals surface area contributed by atoms with E-state index in [4.69, 9.17) is 0 Å². The van der Waals surface area contributed by atoms with E-state index < -0.39 is 21.2 Å². The molecule has 1 aromatic rings. The molecule has 0 aliphatic carbocycles. The van der Waals surface area contributed by atoms with Crippen molar-refractivity contribution in [3.05, 3.63) is 34.4 Å². The van der Waals surface area contributed by atoms with Crippen molar-refractivity contribution in [3.8, 4) is 0 Å². The lowest BCUT2D eigenvalue weighted by Crippen LogP contribution is -2.53. The third-order valence-electron chi connectivity index (χ3n) is 3.62. The average molecular weight is 357 g/mol. The molecule has 0 spiro atoms. The summed E-state index contributed by atoms with van der Waals surface area (Å²) in [5.41, 5.74) is 0.201. The molecule has 1 heterocycles. The van der Waals surface area contributed by atoms with Crippen molar-refractivity contribution in [3.63, 3.8) is 0 Å². The number of hydrogen-bond donors (Lipinski definition) is 1. The van der Waals surface area contributed by atoms with Crippen LogP contribution >= 0.6 is 0 Å². The number of amides is 2. The average Bonchev–Trinajstić information content (AvgIpc) is 2.55. The molecule has 0 radical (unpaired) electrons. The Hall–Kier alpha value is -2.24. The second-order valence-corrected chi connectivity index (χ2v) is 7.56. The Balaban J connectivity index is 1.96. The molecule has 2 amide bonds. The van der Waals surface area contributed by atoms with Crippen LogP contribution in [0.4, 0.5) is 16.2 Å². The number of hydrogen-bond acceptors (Lipinski definition) is 5. The van der Waals surface area contributed by atoms with E-state index in [1.165, 1.54) is 41.5 Å². The fraction of sp³-hybridized carbons (Fsp3) is 0.462. The van der Waals surface area contributed by atoms with Gasteiger partial charge in [0.2, 0.25) is 0 Å². The van der Waals surface area contributed by atoms with Gasteiger partial charge >= 0.3 is 6.03 Å². The lowest BCUT2D eigenvalue weighted by molar-refractivity contribution is -0.384. The molecule has 1 aromatic carbocycles. The third kappa shape index (κ3) is 3.99. The molecule has 24 heavy (non-hydrogen) atoms. The molecule has 1 N–H and O–H groups in total. The van der Waals surface area contributed by atoms with E-state index in [0.717, 1.165) is 4.31 Å². The van der Waals surface area contributed by atoms with E-state index in [2.05, 4.69) is 5.32 Å². The summed E-state index contributed by atoms with van der Waals surface area (Å²) in [7, 11) is -0.580. The first kappa shape index (κ1) is 18.1. The van der Waals surface area contributed by atoms with Crippen molar-refractivity contribution in [2.45, 2.75) is 0 Å². The quantitative estimate of drug-likeness (QED) is 0.624. The van der Waals surface area contributed by atoms with E-state index in [0.29, 0.717) is 5.69 Å². The minimum Gasteiger partial charge on any atom is -0.322 e. The van der Waals surface area contributed by atoms with E-state index in [9.17, 15) is 23.3 Å². The molecule has 0 atom stereocenters. The monoisotopic (exact) mass is 357 g/mol. The highest BCUT2D eigenvalue weighted by atomic mass is 32.2. The van der Waals surface area contributed by atoms with Gasteiger partial charge in [0.05, 0.1) is 4.92 Å². The number of nitrogens with one attached hydrogen (secondary N) is 1. The fourth-order valence-electron chi connectivity index (χ4n) is 2.25. The Kier molecular flexibility index (Phi) is 5.36. The van der Waals surface area contributed by atoms with Crippen LogP contribution in [0.1, 0.15) is 0 Å². The minimum atomic E-state index is -3.49. The van der Waals surface area contributed by atoms with Gasteiger partial charge in [-0.05, 0) is 6.07 Å². The van der Waals surface area contributed by atoms with Crippen molar-refractivity contribution in [1.82, 2.24) is 13.5 Å². The first-order chi connectivity index (χ1) is 11.2. The highest BCUT2D eigenvalue weighted by molar-refractivity contribution is 7.86. The number of non-ortho nitro benzene ring substituents is 1. The number of nitrogens with zero attached hydrogens (tertiary/aromatic N) is 4. The molecule has 0 aromatic heterocycles. The summed E-state index contributed by atoms with van der Waals surface area (Å²) in [6, 6.07) is 5.22. The third-order valence-corrected chi connectivity index (χ3v) is 5.56. The molecule has 10 nitrogen and oxygen atoms in total. The van der Waals surface area contributed by atoms with E-state index in [-0.39, 0.29) is 31.9 Å². The lowest BCUT2D eigenvalue weighted by atomic mass is 10.3. The van der Waals surface area contributed by atoms with Gasteiger partial charge in [-0.1, -0.05) is 6.07 Å². The topological polar surface area (TPSA) is 116 Å². The number of carbonyl (C=O) groups excluding carboxylic acids is 1. The molecule has 11 heteroatoms. The van der Waals surface area contributed by atoms with Crippen LogP contribution in [0.3, 0.4) is 0 Å². The summed E-state index contributed by atoms with van der Waals surface area (Å²) in [5.74, 6) is 0. The standard InChI is InChI=1S/C13H19N5O5S/c1-15(2)24(22,23)17-8-6-16(7-9-17)13(19)14-11-4-3-5-12(10-11)18(20)21/h3-5,10H,6-9H2,1-2H3,(H,14,19).